The lowest BCUT2D eigenvalue weighted by atomic mass is 10.1. The second-order valence-electron chi connectivity index (χ2n) is 7.11. The fourth-order valence-electron chi connectivity index (χ4n) is 3.45. The van der Waals surface area contributed by atoms with E-state index in [1.54, 1.807) is 7.11 Å². The summed E-state index contributed by atoms with van der Waals surface area (Å²) in [6.45, 7) is 5.44. The average molecular weight is 402 g/mol. The molecule has 0 saturated carbocycles. The molecular weight excluding hydrogens is 374 g/mol. The Hall–Kier alpha value is -2.83. The molecule has 1 unspecified atom stereocenters. The molecule has 2 aromatic carbocycles. The third-order valence-electron chi connectivity index (χ3n) is 5.02. The molecule has 3 rings (SSSR count). The number of guanidine groups is 1. The van der Waals surface area contributed by atoms with Crippen LogP contribution in [-0.4, -0.2) is 39.2 Å². The van der Waals surface area contributed by atoms with E-state index in [1.807, 2.05) is 19.1 Å². The van der Waals surface area contributed by atoms with Crippen molar-refractivity contribution in [2.45, 2.75) is 19.9 Å². The topological polar surface area (TPSA) is 48.9 Å². The van der Waals surface area contributed by atoms with Gasteiger partial charge in [0.1, 0.15) is 17.4 Å². The number of anilines is 1. The zero-order chi connectivity index (χ0) is 20.6. The van der Waals surface area contributed by atoms with E-state index in [1.165, 1.54) is 6.07 Å². The summed E-state index contributed by atoms with van der Waals surface area (Å²) in [5.74, 6) is 1.02. The van der Waals surface area contributed by atoms with Crippen molar-refractivity contribution < 1.29 is 13.5 Å². The number of aliphatic imine (C=N–C) groups is 1. The average Bonchev–Trinajstić information content (AvgIpc) is 3.21. The zero-order valence-electron chi connectivity index (χ0n) is 16.9. The van der Waals surface area contributed by atoms with Crippen LogP contribution in [0.3, 0.4) is 0 Å². The first kappa shape index (κ1) is 20.9. The van der Waals surface area contributed by atoms with Crippen molar-refractivity contribution in [3.8, 4) is 5.75 Å². The minimum atomic E-state index is -0.460. The molecule has 1 atom stereocenters. The molecule has 1 aliphatic heterocycles. The first-order valence-corrected chi connectivity index (χ1v) is 9.94. The summed E-state index contributed by atoms with van der Waals surface area (Å²) in [5.41, 5.74) is 1.40. The van der Waals surface area contributed by atoms with Crippen LogP contribution in [0.15, 0.2) is 47.5 Å². The molecule has 0 aromatic heterocycles. The van der Waals surface area contributed by atoms with E-state index < -0.39 is 11.6 Å². The van der Waals surface area contributed by atoms with Gasteiger partial charge in [0, 0.05) is 43.5 Å². The van der Waals surface area contributed by atoms with Crippen LogP contribution in [0.4, 0.5) is 14.5 Å². The number of ether oxygens (including phenoxy) is 1. The Labute approximate surface area is 170 Å². The Morgan fingerprint density at radius 1 is 1.21 bits per heavy atom. The predicted molar refractivity (Wildman–Crippen MR) is 112 cm³/mol. The van der Waals surface area contributed by atoms with E-state index in [0.717, 1.165) is 49.6 Å². The summed E-state index contributed by atoms with van der Waals surface area (Å²) in [6, 6.07) is 11.5. The van der Waals surface area contributed by atoms with Crippen LogP contribution in [0.5, 0.6) is 5.75 Å². The van der Waals surface area contributed by atoms with Crippen LogP contribution >= 0.6 is 0 Å². The molecule has 1 aliphatic rings. The van der Waals surface area contributed by atoms with Crippen molar-refractivity contribution in [2.75, 3.05) is 38.2 Å². The number of halogens is 2. The van der Waals surface area contributed by atoms with Gasteiger partial charge in [0.15, 0.2) is 5.96 Å². The molecule has 1 saturated heterocycles. The first-order chi connectivity index (χ1) is 14.1. The molecule has 1 heterocycles. The summed E-state index contributed by atoms with van der Waals surface area (Å²) >= 11 is 0. The van der Waals surface area contributed by atoms with E-state index in [9.17, 15) is 8.78 Å². The van der Waals surface area contributed by atoms with Crippen LogP contribution in [0, 0.1) is 17.6 Å². The molecule has 2 N–H and O–H groups in total. The SMILES string of the molecule is CCNC(=NCc1cc(F)ccc1F)NCC1CCN(c2cccc(OC)c2)C1. The van der Waals surface area contributed by atoms with Crippen LogP contribution in [-0.2, 0) is 6.54 Å². The molecule has 1 fully saturated rings. The standard InChI is InChI=1S/C22H28F2N4O/c1-3-25-22(27-14-17-11-18(23)7-8-21(17)24)26-13-16-9-10-28(15-16)19-5-4-6-20(12-19)29-2/h4-8,11-12,16H,3,9-10,13-15H2,1-2H3,(H2,25,26,27). The fourth-order valence-corrected chi connectivity index (χ4v) is 3.45. The van der Waals surface area contributed by atoms with Gasteiger partial charge in [-0.2, -0.15) is 0 Å². The van der Waals surface area contributed by atoms with Crippen LogP contribution < -0.4 is 20.3 Å². The molecule has 0 bridgehead atoms. The van der Waals surface area contributed by atoms with Crippen molar-refractivity contribution in [1.29, 1.82) is 0 Å². The number of methoxy groups -OCH3 is 1. The largest absolute Gasteiger partial charge is 0.497 e. The van der Waals surface area contributed by atoms with Gasteiger partial charge in [-0.15, -0.1) is 0 Å². The number of nitrogens with zero attached hydrogens (tertiary/aromatic N) is 2. The third-order valence-corrected chi connectivity index (χ3v) is 5.02. The normalized spacial score (nSPS) is 16.8. The van der Waals surface area contributed by atoms with Crippen LogP contribution in [0.1, 0.15) is 18.9 Å². The fraction of sp³-hybridized carbons (Fsp3) is 0.409. The molecule has 0 aliphatic carbocycles. The number of hydrogen-bond donors (Lipinski definition) is 2. The second kappa shape index (κ2) is 10.1. The minimum absolute atomic E-state index is 0.0829. The van der Waals surface area contributed by atoms with Gasteiger partial charge in [0.05, 0.1) is 13.7 Å². The highest BCUT2D eigenvalue weighted by atomic mass is 19.1. The summed E-state index contributed by atoms with van der Waals surface area (Å²) < 4.78 is 32.5. The van der Waals surface area contributed by atoms with Gasteiger partial charge in [-0.3, -0.25) is 0 Å². The summed E-state index contributed by atoms with van der Waals surface area (Å²) in [7, 11) is 1.67. The molecule has 5 nitrogen and oxygen atoms in total. The monoisotopic (exact) mass is 402 g/mol. The highest BCUT2D eigenvalue weighted by molar-refractivity contribution is 5.79. The maximum absolute atomic E-state index is 13.8. The molecule has 156 valence electrons. The lowest BCUT2D eigenvalue weighted by molar-refractivity contribution is 0.415. The third kappa shape index (κ3) is 5.82. The maximum Gasteiger partial charge on any atom is 0.191 e. The predicted octanol–water partition coefficient (Wildman–Crippen LogP) is 3.56. The van der Waals surface area contributed by atoms with Crippen LogP contribution in [0.25, 0.3) is 0 Å². The van der Waals surface area contributed by atoms with E-state index in [-0.39, 0.29) is 12.1 Å². The van der Waals surface area contributed by atoms with E-state index in [2.05, 4.69) is 32.7 Å². The van der Waals surface area contributed by atoms with Gasteiger partial charge in [-0.25, -0.2) is 13.8 Å². The van der Waals surface area contributed by atoms with Crippen molar-refractivity contribution in [1.82, 2.24) is 10.6 Å². The Balaban J connectivity index is 1.55. The van der Waals surface area contributed by atoms with Crippen LogP contribution in [0.2, 0.25) is 0 Å². The second-order valence-corrected chi connectivity index (χ2v) is 7.11. The molecular formula is C22H28F2N4O. The smallest absolute Gasteiger partial charge is 0.191 e. The summed E-state index contributed by atoms with van der Waals surface area (Å²) in [5, 5.41) is 6.49. The number of benzene rings is 2. The zero-order valence-corrected chi connectivity index (χ0v) is 16.9. The van der Waals surface area contributed by atoms with Gasteiger partial charge in [0.25, 0.3) is 0 Å². The summed E-state index contributed by atoms with van der Waals surface area (Å²) in [6.07, 6.45) is 1.07. The maximum atomic E-state index is 13.8. The molecule has 0 spiro atoms. The number of hydrogen-bond acceptors (Lipinski definition) is 3. The lowest BCUT2D eigenvalue weighted by Crippen LogP contribution is -2.40. The van der Waals surface area contributed by atoms with E-state index in [0.29, 0.717) is 18.4 Å². The van der Waals surface area contributed by atoms with Crippen molar-refractivity contribution >= 4 is 11.6 Å². The van der Waals surface area contributed by atoms with Gasteiger partial charge < -0.3 is 20.3 Å². The Bertz CT molecular complexity index is 843. The molecule has 7 heteroatoms. The van der Waals surface area contributed by atoms with Crippen molar-refractivity contribution in [3.05, 3.63) is 59.7 Å². The molecule has 0 radical (unpaired) electrons. The van der Waals surface area contributed by atoms with Gasteiger partial charge >= 0.3 is 0 Å². The number of nitrogens with one attached hydrogen (secondary N) is 2. The quantitative estimate of drug-likeness (QED) is 0.549. The Morgan fingerprint density at radius 3 is 2.86 bits per heavy atom. The van der Waals surface area contributed by atoms with Gasteiger partial charge in [0.2, 0.25) is 0 Å². The van der Waals surface area contributed by atoms with Gasteiger partial charge in [-0.1, -0.05) is 6.07 Å². The van der Waals surface area contributed by atoms with E-state index in [4.69, 9.17) is 4.74 Å². The minimum Gasteiger partial charge on any atom is -0.497 e. The number of rotatable bonds is 7. The first-order valence-electron chi connectivity index (χ1n) is 9.94. The highest BCUT2D eigenvalue weighted by Crippen LogP contribution is 2.26. The Morgan fingerprint density at radius 2 is 2.07 bits per heavy atom. The highest BCUT2D eigenvalue weighted by Gasteiger charge is 2.23. The Kier molecular flexibility index (Phi) is 7.27. The van der Waals surface area contributed by atoms with Gasteiger partial charge in [-0.05, 0) is 49.6 Å². The summed E-state index contributed by atoms with van der Waals surface area (Å²) in [4.78, 5) is 6.75. The van der Waals surface area contributed by atoms with E-state index >= 15 is 0 Å². The molecule has 2 aromatic rings. The van der Waals surface area contributed by atoms with Crippen molar-refractivity contribution in [3.63, 3.8) is 0 Å². The van der Waals surface area contributed by atoms with Crippen molar-refractivity contribution in [2.24, 2.45) is 10.9 Å². The lowest BCUT2D eigenvalue weighted by Gasteiger charge is -2.20. The molecule has 0 amide bonds. The molecule has 29 heavy (non-hydrogen) atoms.